The summed E-state index contributed by atoms with van der Waals surface area (Å²) in [6, 6.07) is -1.96. The summed E-state index contributed by atoms with van der Waals surface area (Å²) in [6.07, 6.45) is -1.73. The number of hydrogen-bond donors (Lipinski definition) is 1. The number of pyridine rings is 1. The monoisotopic (exact) mass is 194 g/mol. The minimum absolute atomic E-state index is 0.640. The third-order valence-corrected chi connectivity index (χ3v) is 1.50. The van der Waals surface area contributed by atoms with E-state index in [1.54, 1.807) is 0 Å². The molecule has 0 aliphatic rings. The first-order valence-electron chi connectivity index (χ1n) is 3.36. The molecule has 1 atom stereocenters. The van der Waals surface area contributed by atoms with Gasteiger partial charge in [0.05, 0.1) is 18.4 Å². The molecule has 2 nitrogen and oxygen atoms in total. The Kier molecular flexibility index (Phi) is 2.82. The van der Waals surface area contributed by atoms with E-state index >= 15 is 0 Å². The maximum absolute atomic E-state index is 12.7. The van der Waals surface area contributed by atoms with E-state index in [-0.39, 0.29) is 0 Å². The van der Waals surface area contributed by atoms with Crippen molar-refractivity contribution in [2.24, 2.45) is 5.73 Å². The Morgan fingerprint density at radius 2 is 1.62 bits per heavy atom. The van der Waals surface area contributed by atoms with E-state index in [4.69, 9.17) is 5.73 Å². The van der Waals surface area contributed by atoms with Crippen LogP contribution in [-0.2, 0) is 0 Å². The Bertz CT molecular complexity index is 282. The zero-order valence-electron chi connectivity index (χ0n) is 6.35. The van der Waals surface area contributed by atoms with Crippen molar-refractivity contribution < 1.29 is 17.6 Å². The Hall–Kier alpha value is -1.17. The molecule has 2 N–H and O–H groups in total. The lowest BCUT2D eigenvalue weighted by atomic mass is 10.1. The Morgan fingerprint density at radius 1 is 1.15 bits per heavy atom. The molecule has 1 aromatic rings. The van der Waals surface area contributed by atoms with Gasteiger partial charge in [-0.25, -0.2) is 17.6 Å². The van der Waals surface area contributed by atoms with E-state index in [1.165, 1.54) is 0 Å². The number of alkyl halides is 2. The third kappa shape index (κ3) is 1.95. The van der Waals surface area contributed by atoms with Crippen LogP contribution in [0.1, 0.15) is 11.6 Å². The summed E-state index contributed by atoms with van der Waals surface area (Å²) in [6.45, 7) is 0. The SMILES string of the molecule is NC(c1c(F)cncc1F)C(F)F. The van der Waals surface area contributed by atoms with Gasteiger partial charge in [0.15, 0.2) is 0 Å². The second-order valence-electron chi connectivity index (χ2n) is 2.38. The van der Waals surface area contributed by atoms with Crippen molar-refractivity contribution in [3.63, 3.8) is 0 Å². The van der Waals surface area contributed by atoms with Gasteiger partial charge in [0, 0.05) is 5.56 Å². The molecule has 1 rings (SSSR count). The van der Waals surface area contributed by atoms with Crippen LogP contribution in [0.15, 0.2) is 12.4 Å². The molecule has 13 heavy (non-hydrogen) atoms. The van der Waals surface area contributed by atoms with Gasteiger partial charge in [0.1, 0.15) is 11.6 Å². The van der Waals surface area contributed by atoms with Gasteiger partial charge in [-0.2, -0.15) is 0 Å². The molecule has 0 spiro atoms. The Labute approximate surface area is 71.4 Å². The molecule has 72 valence electrons. The molecule has 0 saturated heterocycles. The smallest absolute Gasteiger partial charge is 0.257 e. The zero-order chi connectivity index (χ0) is 10.0. The van der Waals surface area contributed by atoms with Crippen molar-refractivity contribution in [2.45, 2.75) is 12.5 Å². The molecule has 0 aliphatic carbocycles. The normalized spacial score (nSPS) is 13.4. The summed E-state index contributed by atoms with van der Waals surface area (Å²) in [5.41, 5.74) is 4.05. The maximum Gasteiger partial charge on any atom is 0.257 e. The summed E-state index contributed by atoms with van der Waals surface area (Å²) in [7, 11) is 0. The van der Waals surface area contributed by atoms with Gasteiger partial charge in [-0.15, -0.1) is 0 Å². The van der Waals surface area contributed by atoms with Crippen molar-refractivity contribution >= 4 is 0 Å². The van der Waals surface area contributed by atoms with E-state index in [2.05, 4.69) is 4.98 Å². The summed E-state index contributed by atoms with van der Waals surface area (Å²) >= 11 is 0. The number of aromatic nitrogens is 1. The van der Waals surface area contributed by atoms with Gasteiger partial charge in [-0.3, -0.25) is 4.98 Å². The van der Waals surface area contributed by atoms with Crippen LogP contribution in [0.4, 0.5) is 17.6 Å². The summed E-state index contributed by atoms with van der Waals surface area (Å²) in [4.78, 5) is 3.14. The molecule has 1 unspecified atom stereocenters. The van der Waals surface area contributed by atoms with Crippen molar-refractivity contribution in [1.29, 1.82) is 0 Å². The second-order valence-corrected chi connectivity index (χ2v) is 2.38. The van der Waals surface area contributed by atoms with E-state index < -0.39 is 29.7 Å². The molecule has 0 aliphatic heterocycles. The number of nitrogens with zero attached hydrogens (tertiary/aromatic N) is 1. The molecule has 0 radical (unpaired) electrons. The average molecular weight is 194 g/mol. The summed E-state index contributed by atoms with van der Waals surface area (Å²) < 4.78 is 49.5. The van der Waals surface area contributed by atoms with Crippen LogP contribution in [-0.4, -0.2) is 11.4 Å². The number of rotatable bonds is 2. The minimum Gasteiger partial charge on any atom is -0.319 e. The van der Waals surface area contributed by atoms with Gasteiger partial charge in [-0.05, 0) is 0 Å². The lowest BCUT2D eigenvalue weighted by Crippen LogP contribution is -2.22. The molecular formula is C7H6F4N2. The topological polar surface area (TPSA) is 38.9 Å². The van der Waals surface area contributed by atoms with Gasteiger partial charge < -0.3 is 5.73 Å². The first-order valence-corrected chi connectivity index (χ1v) is 3.36. The van der Waals surface area contributed by atoms with Gasteiger partial charge >= 0.3 is 0 Å². The van der Waals surface area contributed by atoms with Crippen LogP contribution in [0.2, 0.25) is 0 Å². The molecule has 0 bridgehead atoms. The highest BCUT2D eigenvalue weighted by atomic mass is 19.3. The third-order valence-electron chi connectivity index (χ3n) is 1.50. The van der Waals surface area contributed by atoms with Crippen LogP contribution in [0.25, 0.3) is 0 Å². The lowest BCUT2D eigenvalue weighted by Gasteiger charge is -2.11. The van der Waals surface area contributed by atoms with E-state index in [9.17, 15) is 17.6 Å². The molecule has 1 heterocycles. The molecule has 0 amide bonds. The fraction of sp³-hybridized carbons (Fsp3) is 0.286. The fourth-order valence-electron chi connectivity index (χ4n) is 0.866. The van der Waals surface area contributed by atoms with Crippen LogP contribution >= 0.6 is 0 Å². The lowest BCUT2D eigenvalue weighted by molar-refractivity contribution is 0.113. The molecule has 6 heteroatoms. The predicted octanol–water partition coefficient (Wildman–Crippen LogP) is 1.62. The van der Waals surface area contributed by atoms with Gasteiger partial charge in [0.25, 0.3) is 6.43 Å². The van der Waals surface area contributed by atoms with E-state index in [1.807, 2.05) is 0 Å². The fourth-order valence-corrected chi connectivity index (χ4v) is 0.866. The number of hydrogen-bond acceptors (Lipinski definition) is 2. The second kappa shape index (κ2) is 3.69. The first-order chi connectivity index (χ1) is 6.04. The predicted molar refractivity (Wildman–Crippen MR) is 37.1 cm³/mol. The van der Waals surface area contributed by atoms with Crippen molar-refractivity contribution in [1.82, 2.24) is 4.98 Å². The van der Waals surface area contributed by atoms with E-state index in [0.29, 0.717) is 12.4 Å². The van der Waals surface area contributed by atoms with Crippen LogP contribution in [0, 0.1) is 11.6 Å². The standard InChI is InChI=1S/C7H6F4N2/c8-3-1-13-2-4(9)5(3)6(12)7(10)11/h1-2,6-7H,12H2. The summed E-state index contributed by atoms with van der Waals surface area (Å²) in [5, 5.41) is 0. The highest BCUT2D eigenvalue weighted by Crippen LogP contribution is 2.22. The molecule has 1 aromatic heterocycles. The number of nitrogens with two attached hydrogens (primary N) is 1. The largest absolute Gasteiger partial charge is 0.319 e. The molecule has 0 fully saturated rings. The van der Waals surface area contributed by atoms with Crippen molar-refractivity contribution in [3.8, 4) is 0 Å². The van der Waals surface area contributed by atoms with Crippen molar-refractivity contribution in [2.75, 3.05) is 0 Å². The highest BCUT2D eigenvalue weighted by Gasteiger charge is 2.24. The first kappa shape index (κ1) is 9.91. The quantitative estimate of drug-likeness (QED) is 0.726. The minimum atomic E-state index is -3.01. The maximum atomic E-state index is 12.7. The van der Waals surface area contributed by atoms with Gasteiger partial charge in [0.2, 0.25) is 0 Å². The number of halogens is 4. The van der Waals surface area contributed by atoms with Crippen LogP contribution < -0.4 is 5.73 Å². The van der Waals surface area contributed by atoms with Crippen molar-refractivity contribution in [3.05, 3.63) is 29.6 Å². The van der Waals surface area contributed by atoms with Crippen LogP contribution in [0.3, 0.4) is 0 Å². The van der Waals surface area contributed by atoms with E-state index in [0.717, 1.165) is 0 Å². The van der Waals surface area contributed by atoms with Gasteiger partial charge in [-0.1, -0.05) is 0 Å². The zero-order valence-corrected chi connectivity index (χ0v) is 6.35. The molecule has 0 saturated carbocycles. The molecule has 0 aromatic carbocycles. The average Bonchev–Trinajstić information content (AvgIpc) is 2.03. The Balaban J connectivity index is 3.12. The Morgan fingerprint density at radius 3 is 2.00 bits per heavy atom. The van der Waals surface area contributed by atoms with Crippen LogP contribution in [0.5, 0.6) is 0 Å². The summed E-state index contributed by atoms with van der Waals surface area (Å²) in [5.74, 6) is -2.32. The highest BCUT2D eigenvalue weighted by molar-refractivity contribution is 5.19. The molecular weight excluding hydrogens is 188 g/mol.